The van der Waals surface area contributed by atoms with Crippen LogP contribution < -0.4 is 5.73 Å². The van der Waals surface area contributed by atoms with E-state index in [0.29, 0.717) is 0 Å². The molecule has 0 atom stereocenters. The zero-order valence-electron chi connectivity index (χ0n) is 9.44. The van der Waals surface area contributed by atoms with Crippen molar-refractivity contribution in [2.24, 2.45) is 5.73 Å². The Morgan fingerprint density at radius 3 is 2.33 bits per heavy atom. The fraction of sp³-hybridized carbons (Fsp3) is 0.538. The number of hydrogen-bond acceptors (Lipinski definition) is 1. The van der Waals surface area contributed by atoms with Gasteiger partial charge in [-0.25, -0.2) is 0 Å². The number of halogens is 1. The fourth-order valence-electron chi connectivity index (χ4n) is 2.40. The van der Waals surface area contributed by atoms with Gasteiger partial charge in [-0.2, -0.15) is 0 Å². The van der Waals surface area contributed by atoms with Gasteiger partial charge in [0.25, 0.3) is 0 Å². The molecule has 2 heteroatoms. The smallest absolute Gasteiger partial charge is 0.0410 e. The molecule has 1 aromatic rings. The van der Waals surface area contributed by atoms with E-state index < -0.39 is 0 Å². The molecule has 2 rings (SSSR count). The van der Waals surface area contributed by atoms with Gasteiger partial charge in [-0.15, -0.1) is 0 Å². The first kappa shape index (κ1) is 11.2. The lowest BCUT2D eigenvalue weighted by molar-refractivity contribution is 0.461. The molecule has 0 radical (unpaired) electrons. The molecule has 1 fully saturated rings. The molecule has 1 nitrogen and oxygen atoms in total. The van der Waals surface area contributed by atoms with Crippen LogP contribution in [0.25, 0.3) is 0 Å². The minimum atomic E-state index is -0.0685. The third-order valence-electron chi connectivity index (χ3n) is 3.67. The van der Waals surface area contributed by atoms with Crippen LogP contribution in [0.2, 0.25) is 0 Å². The first-order valence-electron chi connectivity index (χ1n) is 5.59. The van der Waals surface area contributed by atoms with Gasteiger partial charge in [0.1, 0.15) is 0 Å². The average Bonchev–Trinajstić information content (AvgIpc) is 2.62. The van der Waals surface area contributed by atoms with Crippen molar-refractivity contribution >= 4 is 15.9 Å². The van der Waals surface area contributed by atoms with E-state index in [0.717, 1.165) is 12.8 Å². The average molecular weight is 268 g/mol. The summed E-state index contributed by atoms with van der Waals surface area (Å²) >= 11 is 3.61. The van der Waals surface area contributed by atoms with Gasteiger partial charge in [0.15, 0.2) is 0 Å². The van der Waals surface area contributed by atoms with Crippen molar-refractivity contribution in [2.75, 3.05) is 0 Å². The van der Waals surface area contributed by atoms with Crippen LogP contribution in [0.5, 0.6) is 0 Å². The Morgan fingerprint density at radius 2 is 1.80 bits per heavy atom. The summed E-state index contributed by atoms with van der Waals surface area (Å²) < 4.78 is 1.19. The molecule has 1 aliphatic carbocycles. The normalized spacial score (nSPS) is 19.5. The quantitative estimate of drug-likeness (QED) is 0.823. The molecule has 0 spiro atoms. The van der Waals surface area contributed by atoms with Crippen LogP contribution in [0.15, 0.2) is 16.6 Å². The third kappa shape index (κ3) is 1.98. The molecule has 82 valence electrons. The SMILES string of the molecule is Cc1cc(C2(N)CCCC2)cc(Br)c1C. The number of benzene rings is 1. The zero-order valence-corrected chi connectivity index (χ0v) is 11.0. The van der Waals surface area contributed by atoms with E-state index in [1.54, 1.807) is 0 Å². The third-order valence-corrected chi connectivity index (χ3v) is 4.50. The minimum Gasteiger partial charge on any atom is -0.321 e. The summed E-state index contributed by atoms with van der Waals surface area (Å²) in [7, 11) is 0. The lowest BCUT2D eigenvalue weighted by Gasteiger charge is -2.25. The zero-order chi connectivity index (χ0) is 11.1. The van der Waals surface area contributed by atoms with E-state index in [1.807, 2.05) is 0 Å². The van der Waals surface area contributed by atoms with Crippen molar-refractivity contribution in [2.45, 2.75) is 45.1 Å². The summed E-state index contributed by atoms with van der Waals surface area (Å²) in [5.41, 5.74) is 10.3. The maximum absolute atomic E-state index is 6.45. The number of rotatable bonds is 1. The van der Waals surface area contributed by atoms with Crippen molar-refractivity contribution in [1.82, 2.24) is 0 Å². The van der Waals surface area contributed by atoms with E-state index in [4.69, 9.17) is 5.73 Å². The molecule has 1 saturated carbocycles. The Labute approximate surface area is 100 Å². The molecule has 0 amide bonds. The molecule has 0 saturated heterocycles. The molecule has 2 N–H and O–H groups in total. The van der Waals surface area contributed by atoms with Crippen molar-refractivity contribution in [3.8, 4) is 0 Å². The first-order chi connectivity index (χ1) is 7.03. The molecule has 1 aliphatic rings. The summed E-state index contributed by atoms with van der Waals surface area (Å²) in [6, 6.07) is 4.46. The molecule has 0 bridgehead atoms. The molecular weight excluding hydrogens is 250 g/mol. The Kier molecular flexibility index (Phi) is 2.91. The molecule has 15 heavy (non-hydrogen) atoms. The van der Waals surface area contributed by atoms with Gasteiger partial charge in [0.2, 0.25) is 0 Å². The molecule has 1 aromatic carbocycles. The Bertz CT molecular complexity index is 355. The number of hydrogen-bond donors (Lipinski definition) is 1. The Morgan fingerprint density at radius 1 is 1.20 bits per heavy atom. The summed E-state index contributed by atoms with van der Waals surface area (Å²) in [6.45, 7) is 4.29. The predicted molar refractivity (Wildman–Crippen MR) is 67.9 cm³/mol. The highest BCUT2D eigenvalue weighted by Crippen LogP contribution is 2.38. The Hall–Kier alpha value is -0.340. The van der Waals surface area contributed by atoms with Gasteiger partial charge in [0.05, 0.1) is 0 Å². The van der Waals surface area contributed by atoms with Gasteiger partial charge in [-0.3, -0.25) is 0 Å². The topological polar surface area (TPSA) is 26.0 Å². The van der Waals surface area contributed by atoms with Crippen LogP contribution in [0.1, 0.15) is 42.4 Å². The van der Waals surface area contributed by atoms with Gasteiger partial charge >= 0.3 is 0 Å². The van der Waals surface area contributed by atoms with E-state index >= 15 is 0 Å². The summed E-state index contributed by atoms with van der Waals surface area (Å²) in [5.74, 6) is 0. The minimum absolute atomic E-state index is 0.0685. The van der Waals surface area contributed by atoms with Crippen LogP contribution in [-0.2, 0) is 5.54 Å². The van der Waals surface area contributed by atoms with Crippen LogP contribution in [0.4, 0.5) is 0 Å². The highest BCUT2D eigenvalue weighted by Gasteiger charge is 2.31. The van der Waals surface area contributed by atoms with Crippen LogP contribution >= 0.6 is 15.9 Å². The van der Waals surface area contributed by atoms with Crippen LogP contribution in [0, 0.1) is 13.8 Å². The lowest BCUT2D eigenvalue weighted by atomic mass is 9.87. The lowest BCUT2D eigenvalue weighted by Crippen LogP contribution is -2.33. The van der Waals surface area contributed by atoms with Crippen molar-refractivity contribution < 1.29 is 0 Å². The summed E-state index contributed by atoms with van der Waals surface area (Å²) in [4.78, 5) is 0. The van der Waals surface area contributed by atoms with Crippen LogP contribution in [-0.4, -0.2) is 0 Å². The molecule has 0 aliphatic heterocycles. The van der Waals surface area contributed by atoms with Crippen molar-refractivity contribution in [3.05, 3.63) is 33.3 Å². The maximum Gasteiger partial charge on any atom is 0.0410 e. The number of aryl methyl sites for hydroxylation is 1. The van der Waals surface area contributed by atoms with Gasteiger partial charge in [0, 0.05) is 10.0 Å². The van der Waals surface area contributed by atoms with E-state index in [1.165, 1.54) is 34.0 Å². The summed E-state index contributed by atoms with van der Waals surface area (Å²) in [6.07, 6.45) is 4.78. The maximum atomic E-state index is 6.45. The van der Waals surface area contributed by atoms with Gasteiger partial charge in [-0.05, 0) is 49.4 Å². The highest BCUT2D eigenvalue weighted by molar-refractivity contribution is 9.10. The van der Waals surface area contributed by atoms with Crippen molar-refractivity contribution in [1.29, 1.82) is 0 Å². The second-order valence-corrected chi connectivity index (χ2v) is 5.62. The number of nitrogens with two attached hydrogens (primary N) is 1. The largest absolute Gasteiger partial charge is 0.321 e. The molecular formula is C13H18BrN. The van der Waals surface area contributed by atoms with Gasteiger partial charge in [-0.1, -0.05) is 34.8 Å². The van der Waals surface area contributed by atoms with E-state index in [2.05, 4.69) is 41.9 Å². The summed E-state index contributed by atoms with van der Waals surface area (Å²) in [5, 5.41) is 0. The van der Waals surface area contributed by atoms with Gasteiger partial charge < -0.3 is 5.73 Å². The second-order valence-electron chi connectivity index (χ2n) is 4.76. The predicted octanol–water partition coefficient (Wildman–Crippen LogP) is 3.79. The van der Waals surface area contributed by atoms with E-state index in [9.17, 15) is 0 Å². The standard InChI is InChI=1S/C13H18BrN/c1-9-7-11(8-12(14)10(9)2)13(15)5-3-4-6-13/h7-8H,3-6,15H2,1-2H3. The van der Waals surface area contributed by atoms with Crippen LogP contribution in [0.3, 0.4) is 0 Å². The van der Waals surface area contributed by atoms with Crippen molar-refractivity contribution in [3.63, 3.8) is 0 Å². The monoisotopic (exact) mass is 267 g/mol. The Balaban J connectivity index is 2.45. The molecule has 0 heterocycles. The molecule has 0 aromatic heterocycles. The fourth-order valence-corrected chi connectivity index (χ4v) is 2.96. The molecule has 0 unspecified atom stereocenters. The second kappa shape index (κ2) is 3.91. The highest BCUT2D eigenvalue weighted by atomic mass is 79.9. The van der Waals surface area contributed by atoms with E-state index in [-0.39, 0.29) is 5.54 Å². The first-order valence-corrected chi connectivity index (χ1v) is 6.38.